The van der Waals surface area contributed by atoms with Crippen LogP contribution in [0.4, 0.5) is 18.0 Å². The van der Waals surface area contributed by atoms with E-state index in [4.69, 9.17) is 17.3 Å². The van der Waals surface area contributed by atoms with E-state index in [1.54, 1.807) is 0 Å². The molecule has 0 aliphatic heterocycles. The summed E-state index contributed by atoms with van der Waals surface area (Å²) in [5.41, 5.74) is 3.64. The molecule has 1 rings (SSSR count). The lowest BCUT2D eigenvalue weighted by Gasteiger charge is -2.03. The number of rotatable bonds is 2. The molecule has 90 valence electrons. The van der Waals surface area contributed by atoms with E-state index in [1.807, 2.05) is 0 Å². The van der Waals surface area contributed by atoms with Gasteiger partial charge in [0.1, 0.15) is 0 Å². The van der Waals surface area contributed by atoms with Gasteiger partial charge in [-0.25, -0.2) is 4.79 Å². The van der Waals surface area contributed by atoms with E-state index in [0.29, 0.717) is 0 Å². The molecule has 0 spiro atoms. The van der Waals surface area contributed by atoms with Crippen LogP contribution in [0.1, 0.15) is 11.4 Å². The fourth-order valence-corrected chi connectivity index (χ4v) is 1.41. The molecule has 9 heteroatoms. The van der Waals surface area contributed by atoms with Gasteiger partial charge in [0.25, 0.3) is 0 Å². The second-order valence-corrected chi connectivity index (χ2v) is 3.33. The number of aromatic nitrogens is 2. The molecule has 3 N–H and O–H groups in total. The molecular weight excluding hydrogens is 249 g/mol. The molecule has 0 unspecified atom stereocenters. The number of nitrogens with zero attached hydrogens (tertiary/aromatic N) is 2. The van der Waals surface area contributed by atoms with Gasteiger partial charge in [-0.15, -0.1) is 0 Å². The van der Waals surface area contributed by atoms with Crippen molar-refractivity contribution in [3.8, 4) is 0 Å². The molecular formula is C7H8ClF3N4O. The summed E-state index contributed by atoms with van der Waals surface area (Å²) in [6.07, 6.45) is -4.63. The molecule has 0 saturated carbocycles. The van der Waals surface area contributed by atoms with Crippen LogP contribution in [0, 0.1) is 0 Å². The highest BCUT2D eigenvalue weighted by atomic mass is 35.5. The first-order chi connectivity index (χ1) is 7.23. The van der Waals surface area contributed by atoms with Gasteiger partial charge in [0.2, 0.25) is 0 Å². The molecule has 0 aliphatic rings. The van der Waals surface area contributed by atoms with Crippen LogP contribution in [-0.2, 0) is 19.8 Å². The normalized spacial score (nSPS) is 11.6. The minimum Gasteiger partial charge on any atom is -0.352 e. The molecule has 0 aromatic carbocycles. The molecule has 1 aromatic heterocycles. The SMILES string of the molecule is Cn1nc(C(F)(F)F)c(Cl)c1CNC(N)=O. The molecule has 1 heterocycles. The van der Waals surface area contributed by atoms with Crippen LogP contribution in [0.15, 0.2) is 0 Å². The van der Waals surface area contributed by atoms with E-state index >= 15 is 0 Å². The number of carbonyl (C=O) groups excluding carboxylic acids is 1. The summed E-state index contributed by atoms with van der Waals surface area (Å²) in [7, 11) is 1.29. The van der Waals surface area contributed by atoms with E-state index in [1.165, 1.54) is 7.05 Å². The van der Waals surface area contributed by atoms with Crippen molar-refractivity contribution in [3.05, 3.63) is 16.4 Å². The number of amides is 2. The zero-order chi connectivity index (χ0) is 12.5. The standard InChI is InChI=1S/C7H8ClF3N4O/c1-15-3(2-13-6(12)16)4(8)5(14-15)7(9,10)11/h2H2,1H3,(H3,12,13,16). The number of nitrogens with one attached hydrogen (secondary N) is 1. The lowest BCUT2D eigenvalue weighted by Crippen LogP contribution is -2.29. The van der Waals surface area contributed by atoms with Crippen LogP contribution < -0.4 is 11.1 Å². The summed E-state index contributed by atoms with van der Waals surface area (Å²) >= 11 is 5.50. The van der Waals surface area contributed by atoms with Crippen molar-refractivity contribution in [3.63, 3.8) is 0 Å². The van der Waals surface area contributed by atoms with Gasteiger partial charge in [0.15, 0.2) is 5.69 Å². The number of urea groups is 1. The minimum absolute atomic E-state index is 0.0350. The molecule has 0 saturated heterocycles. The third-order valence-electron chi connectivity index (χ3n) is 1.80. The first-order valence-corrected chi connectivity index (χ1v) is 4.43. The van der Waals surface area contributed by atoms with Gasteiger partial charge in [-0.1, -0.05) is 11.6 Å². The molecule has 5 nitrogen and oxygen atoms in total. The Morgan fingerprint density at radius 1 is 1.62 bits per heavy atom. The molecule has 16 heavy (non-hydrogen) atoms. The topological polar surface area (TPSA) is 72.9 Å². The Hall–Kier alpha value is -1.44. The Kier molecular flexibility index (Phi) is 3.32. The van der Waals surface area contributed by atoms with Crippen molar-refractivity contribution >= 4 is 17.6 Å². The molecule has 0 atom stereocenters. The van der Waals surface area contributed by atoms with Gasteiger partial charge in [-0.05, 0) is 0 Å². The van der Waals surface area contributed by atoms with E-state index in [-0.39, 0.29) is 12.2 Å². The molecule has 2 amide bonds. The van der Waals surface area contributed by atoms with E-state index < -0.39 is 22.9 Å². The van der Waals surface area contributed by atoms with Crippen molar-refractivity contribution in [1.29, 1.82) is 0 Å². The number of nitrogens with two attached hydrogens (primary N) is 1. The average molecular weight is 257 g/mol. The van der Waals surface area contributed by atoms with Crippen molar-refractivity contribution in [2.24, 2.45) is 12.8 Å². The maximum absolute atomic E-state index is 12.4. The lowest BCUT2D eigenvalue weighted by atomic mass is 10.3. The fraction of sp³-hybridized carbons (Fsp3) is 0.429. The Labute approximate surface area is 93.3 Å². The van der Waals surface area contributed by atoms with Gasteiger partial charge in [0.05, 0.1) is 17.3 Å². The fourth-order valence-electron chi connectivity index (χ4n) is 1.08. The Morgan fingerprint density at radius 2 is 2.19 bits per heavy atom. The van der Waals surface area contributed by atoms with Crippen molar-refractivity contribution in [1.82, 2.24) is 15.1 Å². The Morgan fingerprint density at radius 3 is 2.56 bits per heavy atom. The van der Waals surface area contributed by atoms with E-state index in [0.717, 1.165) is 4.68 Å². The summed E-state index contributed by atoms with van der Waals surface area (Å²) in [5.74, 6) is 0. The summed E-state index contributed by atoms with van der Waals surface area (Å²) in [6.45, 7) is -0.215. The van der Waals surface area contributed by atoms with Crippen LogP contribution in [0.25, 0.3) is 0 Å². The average Bonchev–Trinajstić information content (AvgIpc) is 2.38. The van der Waals surface area contributed by atoms with Gasteiger partial charge in [-0.2, -0.15) is 18.3 Å². The number of primary amides is 1. The van der Waals surface area contributed by atoms with Crippen LogP contribution >= 0.6 is 11.6 Å². The monoisotopic (exact) mass is 256 g/mol. The van der Waals surface area contributed by atoms with Gasteiger partial charge < -0.3 is 11.1 Å². The van der Waals surface area contributed by atoms with Gasteiger partial charge in [0, 0.05) is 7.05 Å². The first kappa shape index (κ1) is 12.6. The molecule has 0 fully saturated rings. The minimum atomic E-state index is -4.63. The Balaban J connectivity index is 3.03. The largest absolute Gasteiger partial charge is 0.436 e. The molecule has 0 bridgehead atoms. The molecule has 1 aromatic rings. The van der Waals surface area contributed by atoms with Crippen LogP contribution in [0.3, 0.4) is 0 Å². The smallest absolute Gasteiger partial charge is 0.352 e. The summed E-state index contributed by atoms with van der Waals surface area (Å²) in [4.78, 5) is 10.4. The van der Waals surface area contributed by atoms with Crippen molar-refractivity contribution in [2.45, 2.75) is 12.7 Å². The third kappa shape index (κ3) is 2.57. The summed E-state index contributed by atoms with van der Waals surface area (Å²) in [6, 6.07) is -0.856. The summed E-state index contributed by atoms with van der Waals surface area (Å²) in [5, 5.41) is 4.82. The highest BCUT2D eigenvalue weighted by Gasteiger charge is 2.38. The van der Waals surface area contributed by atoms with Crippen molar-refractivity contribution in [2.75, 3.05) is 0 Å². The van der Waals surface area contributed by atoms with Gasteiger partial charge in [-0.3, -0.25) is 4.68 Å². The van der Waals surface area contributed by atoms with Crippen LogP contribution in [0.2, 0.25) is 5.02 Å². The summed E-state index contributed by atoms with van der Waals surface area (Å²) < 4.78 is 38.1. The maximum atomic E-state index is 12.4. The number of carbonyl (C=O) groups is 1. The van der Waals surface area contributed by atoms with E-state index in [9.17, 15) is 18.0 Å². The number of hydrogen-bond donors (Lipinski definition) is 2. The second-order valence-electron chi connectivity index (χ2n) is 2.95. The molecule has 0 aliphatic carbocycles. The Bertz CT molecular complexity index is 414. The lowest BCUT2D eigenvalue weighted by molar-refractivity contribution is -0.141. The number of aryl methyl sites for hydroxylation is 1. The zero-order valence-electron chi connectivity index (χ0n) is 8.10. The number of halogens is 4. The van der Waals surface area contributed by atoms with Crippen LogP contribution in [0.5, 0.6) is 0 Å². The third-order valence-corrected chi connectivity index (χ3v) is 2.20. The maximum Gasteiger partial charge on any atom is 0.436 e. The number of hydrogen-bond acceptors (Lipinski definition) is 2. The number of alkyl halides is 3. The first-order valence-electron chi connectivity index (χ1n) is 4.05. The van der Waals surface area contributed by atoms with Crippen molar-refractivity contribution < 1.29 is 18.0 Å². The molecule has 0 radical (unpaired) electrons. The highest BCUT2D eigenvalue weighted by Crippen LogP contribution is 2.35. The highest BCUT2D eigenvalue weighted by molar-refractivity contribution is 6.32. The predicted molar refractivity (Wildman–Crippen MR) is 49.6 cm³/mol. The van der Waals surface area contributed by atoms with Crippen LogP contribution in [-0.4, -0.2) is 15.8 Å². The predicted octanol–water partition coefficient (Wildman–Crippen LogP) is 1.26. The van der Waals surface area contributed by atoms with E-state index in [2.05, 4.69) is 10.4 Å². The van der Waals surface area contributed by atoms with Gasteiger partial charge >= 0.3 is 12.2 Å². The zero-order valence-corrected chi connectivity index (χ0v) is 8.85. The quantitative estimate of drug-likeness (QED) is 0.836. The second kappa shape index (κ2) is 4.20.